The highest BCUT2D eigenvalue weighted by atomic mass is 35.5. The number of benzene rings is 2. The van der Waals surface area contributed by atoms with E-state index < -0.39 is 11.7 Å². The highest BCUT2D eigenvalue weighted by Gasteiger charge is 2.09. The van der Waals surface area contributed by atoms with Gasteiger partial charge in [0.05, 0.1) is 5.69 Å². The number of rotatable bonds is 5. The van der Waals surface area contributed by atoms with Crippen molar-refractivity contribution >= 4 is 23.2 Å². The topological polar surface area (TPSA) is 64.9 Å². The molecule has 6 heteroatoms. The molecule has 0 atom stereocenters. The second kappa shape index (κ2) is 7.97. The van der Waals surface area contributed by atoms with E-state index in [0.29, 0.717) is 5.02 Å². The molecule has 2 N–H and O–H groups in total. The van der Waals surface area contributed by atoms with E-state index in [4.69, 9.17) is 16.9 Å². The molecule has 2 rings (SSSR count). The first-order chi connectivity index (χ1) is 11.1. The van der Waals surface area contributed by atoms with E-state index in [1.54, 1.807) is 42.5 Å². The van der Waals surface area contributed by atoms with Crippen molar-refractivity contribution in [3.05, 3.63) is 76.7 Å². The van der Waals surface area contributed by atoms with Gasteiger partial charge in [-0.05, 0) is 29.8 Å². The molecule has 0 heterocycles. The molecule has 4 nitrogen and oxygen atoms in total. The number of nitrogens with zero attached hydrogens (tertiary/aromatic N) is 1. The lowest BCUT2D eigenvalue weighted by atomic mass is 10.2. The zero-order valence-electron chi connectivity index (χ0n) is 12.0. The molecule has 0 bridgehead atoms. The molecule has 116 valence electrons. The molecule has 0 aliphatic rings. The van der Waals surface area contributed by atoms with Gasteiger partial charge >= 0.3 is 0 Å². The number of nitriles is 1. The summed E-state index contributed by atoms with van der Waals surface area (Å²) in [6.45, 7) is 0.259. The largest absolute Gasteiger partial charge is 0.358 e. The van der Waals surface area contributed by atoms with Crippen molar-refractivity contribution in [1.82, 2.24) is 5.32 Å². The van der Waals surface area contributed by atoms with Crippen molar-refractivity contribution in [2.45, 2.75) is 6.54 Å². The number of hydrogen-bond donors (Lipinski definition) is 2. The predicted octanol–water partition coefficient (Wildman–Crippen LogP) is 3.61. The van der Waals surface area contributed by atoms with Crippen LogP contribution < -0.4 is 10.6 Å². The van der Waals surface area contributed by atoms with Gasteiger partial charge in [0.15, 0.2) is 0 Å². The van der Waals surface area contributed by atoms with Crippen LogP contribution in [0.15, 0.2) is 60.3 Å². The average Bonchev–Trinajstić information content (AvgIpc) is 2.56. The Morgan fingerprint density at radius 3 is 2.57 bits per heavy atom. The molecule has 0 aromatic heterocycles. The molecule has 0 fully saturated rings. The van der Waals surface area contributed by atoms with E-state index in [0.717, 1.165) is 5.56 Å². The maximum Gasteiger partial charge on any atom is 0.263 e. The summed E-state index contributed by atoms with van der Waals surface area (Å²) in [5.41, 5.74) is 0.884. The van der Waals surface area contributed by atoms with Crippen LogP contribution in [0.2, 0.25) is 5.02 Å². The summed E-state index contributed by atoms with van der Waals surface area (Å²) in [4.78, 5) is 12.0. The van der Waals surface area contributed by atoms with Crippen LogP contribution in [0.25, 0.3) is 0 Å². The van der Waals surface area contributed by atoms with Crippen LogP contribution in [0.3, 0.4) is 0 Å². The minimum absolute atomic E-state index is 0.151. The lowest BCUT2D eigenvalue weighted by molar-refractivity contribution is -0.117. The van der Waals surface area contributed by atoms with Crippen molar-refractivity contribution in [2.75, 3.05) is 5.32 Å². The molecule has 0 unspecified atom stereocenters. The third-order valence-electron chi connectivity index (χ3n) is 2.98. The molecule has 2 aromatic rings. The van der Waals surface area contributed by atoms with Crippen LogP contribution in [0.1, 0.15) is 5.56 Å². The Balaban J connectivity index is 1.98. The fourth-order valence-corrected chi connectivity index (χ4v) is 1.88. The monoisotopic (exact) mass is 329 g/mol. The smallest absolute Gasteiger partial charge is 0.263 e. The quantitative estimate of drug-likeness (QED) is 0.650. The zero-order valence-corrected chi connectivity index (χ0v) is 12.8. The number of para-hydroxylation sites is 1. The zero-order chi connectivity index (χ0) is 16.7. The van der Waals surface area contributed by atoms with Crippen LogP contribution in [0.5, 0.6) is 0 Å². The van der Waals surface area contributed by atoms with Gasteiger partial charge in [0, 0.05) is 17.8 Å². The Morgan fingerprint density at radius 2 is 1.91 bits per heavy atom. The van der Waals surface area contributed by atoms with E-state index in [1.807, 2.05) is 0 Å². The fraction of sp³-hybridized carbons (Fsp3) is 0.0588. The summed E-state index contributed by atoms with van der Waals surface area (Å²) in [7, 11) is 0. The van der Waals surface area contributed by atoms with Gasteiger partial charge in [0.2, 0.25) is 0 Å². The molecule has 0 aliphatic heterocycles. The molecule has 0 saturated carbocycles. The van der Waals surface area contributed by atoms with Gasteiger partial charge in [0.1, 0.15) is 17.5 Å². The minimum Gasteiger partial charge on any atom is -0.358 e. The van der Waals surface area contributed by atoms with E-state index in [1.165, 1.54) is 18.3 Å². The van der Waals surface area contributed by atoms with E-state index in [9.17, 15) is 9.18 Å². The van der Waals surface area contributed by atoms with Crippen molar-refractivity contribution < 1.29 is 9.18 Å². The van der Waals surface area contributed by atoms with Gasteiger partial charge in [-0.25, -0.2) is 4.39 Å². The standard InChI is InChI=1S/C17H13ClFN3O/c18-14-7-5-12(6-8-14)10-22-17(23)13(9-20)11-21-16-4-2-1-3-15(16)19/h1-8,11,21H,10H2,(H,22,23)/b13-11-. The Morgan fingerprint density at radius 1 is 1.22 bits per heavy atom. The van der Waals surface area contributed by atoms with Crippen LogP contribution in [-0.2, 0) is 11.3 Å². The first-order valence-corrected chi connectivity index (χ1v) is 7.12. The Bertz CT molecular complexity index is 766. The summed E-state index contributed by atoms with van der Waals surface area (Å²) in [5, 5.41) is 14.9. The summed E-state index contributed by atoms with van der Waals surface area (Å²) < 4.78 is 13.5. The van der Waals surface area contributed by atoms with Crippen LogP contribution >= 0.6 is 11.6 Å². The average molecular weight is 330 g/mol. The van der Waals surface area contributed by atoms with Gasteiger partial charge < -0.3 is 10.6 Å². The summed E-state index contributed by atoms with van der Waals surface area (Å²) in [6.07, 6.45) is 1.18. The van der Waals surface area contributed by atoms with E-state index in [2.05, 4.69) is 10.6 Å². The van der Waals surface area contributed by atoms with Crippen LogP contribution in [0.4, 0.5) is 10.1 Å². The summed E-state index contributed by atoms with van der Waals surface area (Å²) in [5.74, 6) is -1.02. The Hall–Kier alpha value is -2.84. The van der Waals surface area contributed by atoms with Gasteiger partial charge in [-0.2, -0.15) is 5.26 Å². The van der Waals surface area contributed by atoms with Crippen LogP contribution in [0, 0.1) is 17.1 Å². The lowest BCUT2D eigenvalue weighted by Gasteiger charge is -2.06. The van der Waals surface area contributed by atoms with Crippen molar-refractivity contribution in [1.29, 1.82) is 5.26 Å². The number of carbonyl (C=O) groups is 1. The van der Waals surface area contributed by atoms with Crippen molar-refractivity contribution in [2.24, 2.45) is 0 Å². The van der Waals surface area contributed by atoms with Crippen molar-refractivity contribution in [3.63, 3.8) is 0 Å². The van der Waals surface area contributed by atoms with Gasteiger partial charge in [-0.15, -0.1) is 0 Å². The molecule has 1 amide bonds. The van der Waals surface area contributed by atoms with Gasteiger partial charge in [0.25, 0.3) is 5.91 Å². The highest BCUT2D eigenvalue weighted by molar-refractivity contribution is 6.30. The summed E-state index contributed by atoms with van der Waals surface area (Å²) >= 11 is 5.78. The second-order valence-electron chi connectivity index (χ2n) is 4.60. The van der Waals surface area contributed by atoms with E-state index in [-0.39, 0.29) is 17.8 Å². The Labute approximate surface area is 138 Å². The third-order valence-corrected chi connectivity index (χ3v) is 3.23. The molecule has 0 saturated heterocycles. The second-order valence-corrected chi connectivity index (χ2v) is 5.04. The number of anilines is 1. The maximum absolute atomic E-state index is 13.5. The fourth-order valence-electron chi connectivity index (χ4n) is 1.76. The first kappa shape index (κ1) is 16.5. The molecular formula is C17H13ClFN3O. The SMILES string of the molecule is N#C/C(=C/Nc1ccccc1F)C(=O)NCc1ccc(Cl)cc1. The molecule has 0 radical (unpaired) electrons. The molecule has 23 heavy (non-hydrogen) atoms. The number of hydrogen-bond acceptors (Lipinski definition) is 3. The lowest BCUT2D eigenvalue weighted by Crippen LogP contribution is -2.24. The Kier molecular flexibility index (Phi) is 5.73. The van der Waals surface area contributed by atoms with Gasteiger partial charge in [-0.3, -0.25) is 4.79 Å². The normalized spacial score (nSPS) is 10.7. The van der Waals surface area contributed by atoms with Crippen molar-refractivity contribution in [3.8, 4) is 6.07 Å². The number of nitrogens with one attached hydrogen (secondary N) is 2. The molecular weight excluding hydrogens is 317 g/mol. The summed E-state index contributed by atoms with van der Waals surface area (Å²) in [6, 6.07) is 14.7. The highest BCUT2D eigenvalue weighted by Crippen LogP contribution is 2.13. The van der Waals surface area contributed by atoms with Crippen LogP contribution in [-0.4, -0.2) is 5.91 Å². The third kappa shape index (κ3) is 4.83. The first-order valence-electron chi connectivity index (χ1n) is 6.74. The maximum atomic E-state index is 13.5. The van der Waals surface area contributed by atoms with E-state index >= 15 is 0 Å². The molecule has 0 spiro atoms. The number of halogens is 2. The molecule has 0 aliphatic carbocycles. The predicted molar refractivity (Wildman–Crippen MR) is 87.0 cm³/mol. The molecule has 2 aromatic carbocycles. The van der Waals surface area contributed by atoms with Gasteiger partial charge in [-0.1, -0.05) is 35.9 Å². The minimum atomic E-state index is -0.550. The number of carbonyl (C=O) groups excluding carboxylic acids is 1. The number of amides is 1.